The van der Waals surface area contributed by atoms with Gasteiger partial charge >= 0.3 is 0 Å². The number of nitrogens with zero attached hydrogens (tertiary/aromatic N) is 4. The Hall–Kier alpha value is -5.48. The number of rotatable bonds is 2. The van der Waals surface area contributed by atoms with Gasteiger partial charge in [0.1, 0.15) is 5.82 Å². The van der Waals surface area contributed by atoms with Crippen molar-refractivity contribution >= 4 is 65.3 Å². The molecule has 0 bridgehead atoms. The lowest BCUT2D eigenvalue weighted by Crippen LogP contribution is -2.11. The highest BCUT2D eigenvalue weighted by Crippen LogP contribution is 2.40. The first-order chi connectivity index (χ1) is 21.5. The Morgan fingerprint density at radius 2 is 1.16 bits per heavy atom. The smallest absolute Gasteiger partial charge is 0.137 e. The maximum absolute atomic E-state index is 4.94. The van der Waals surface area contributed by atoms with Crippen molar-refractivity contribution in [2.75, 3.05) is 0 Å². The zero-order valence-corrected chi connectivity index (χ0v) is 24.9. The van der Waals surface area contributed by atoms with E-state index in [9.17, 15) is 0 Å². The molecule has 4 aromatic heterocycles. The monoisotopic (exact) mass is 566 g/mol. The van der Waals surface area contributed by atoms with Gasteiger partial charge < -0.3 is 4.57 Å². The minimum absolute atomic E-state index is 0.0232. The van der Waals surface area contributed by atoms with Crippen LogP contribution in [-0.4, -0.2) is 19.1 Å². The molecule has 0 amide bonds. The van der Waals surface area contributed by atoms with Gasteiger partial charge in [-0.05, 0) is 71.0 Å². The van der Waals surface area contributed by atoms with Crippen LogP contribution < -0.4 is 0 Å². The molecule has 5 aromatic carbocycles. The molecule has 0 atom stereocenters. The molecular formula is C40H30N4. The van der Waals surface area contributed by atoms with Crippen LogP contribution in [0.15, 0.2) is 128 Å². The molecule has 9 aromatic rings. The van der Waals surface area contributed by atoms with E-state index in [1.54, 1.807) is 0 Å². The molecule has 9 rings (SSSR count). The molecule has 0 unspecified atom stereocenters. The van der Waals surface area contributed by atoms with Crippen molar-refractivity contribution in [2.24, 2.45) is 0 Å². The van der Waals surface area contributed by atoms with E-state index in [1.807, 2.05) is 24.5 Å². The van der Waals surface area contributed by atoms with Gasteiger partial charge in [-0.1, -0.05) is 81.4 Å². The van der Waals surface area contributed by atoms with Gasteiger partial charge in [0.25, 0.3) is 0 Å². The number of fused-ring (bicyclic) bond motifs is 9. The van der Waals surface area contributed by atoms with Crippen LogP contribution in [0.1, 0.15) is 26.3 Å². The summed E-state index contributed by atoms with van der Waals surface area (Å²) < 4.78 is 4.69. The maximum atomic E-state index is 4.94. The zero-order valence-electron chi connectivity index (χ0n) is 24.9. The number of hydrogen-bond donors (Lipinski definition) is 0. The average Bonchev–Trinajstić information content (AvgIpc) is 3.55. The van der Waals surface area contributed by atoms with Crippen molar-refractivity contribution in [3.8, 4) is 11.5 Å². The molecule has 210 valence electrons. The molecular weight excluding hydrogens is 536 g/mol. The molecule has 4 heteroatoms. The number of hydrogen-bond acceptors (Lipinski definition) is 2. The first-order valence-electron chi connectivity index (χ1n) is 15.2. The van der Waals surface area contributed by atoms with Crippen molar-refractivity contribution < 1.29 is 0 Å². The zero-order chi connectivity index (χ0) is 29.6. The summed E-state index contributed by atoms with van der Waals surface area (Å²) in [7, 11) is 0. The number of benzene rings is 5. The highest BCUT2D eigenvalue weighted by atomic mass is 15.1. The molecule has 0 radical (unpaired) electrons. The first kappa shape index (κ1) is 25.1. The summed E-state index contributed by atoms with van der Waals surface area (Å²) in [5.74, 6) is 0.913. The Kier molecular flexibility index (Phi) is 5.13. The van der Waals surface area contributed by atoms with Crippen molar-refractivity contribution in [3.63, 3.8) is 0 Å². The predicted molar refractivity (Wildman–Crippen MR) is 184 cm³/mol. The number of pyridine rings is 2. The van der Waals surface area contributed by atoms with Crippen LogP contribution >= 0.6 is 0 Å². The lowest BCUT2D eigenvalue weighted by molar-refractivity contribution is 0.595. The Balaban J connectivity index is 1.39. The minimum Gasteiger partial charge on any atom is -0.309 e. The molecule has 0 aliphatic carbocycles. The summed E-state index contributed by atoms with van der Waals surface area (Å²) in [6, 6.07) is 41.6. The van der Waals surface area contributed by atoms with E-state index in [2.05, 4.69) is 133 Å². The fraction of sp³-hybridized carbons (Fsp3) is 0.100. The van der Waals surface area contributed by atoms with Crippen molar-refractivity contribution in [1.82, 2.24) is 19.1 Å². The second kappa shape index (κ2) is 9.01. The van der Waals surface area contributed by atoms with E-state index in [-0.39, 0.29) is 5.41 Å². The minimum atomic E-state index is 0.0232. The molecule has 0 aliphatic heterocycles. The first-order valence-corrected chi connectivity index (χ1v) is 15.2. The van der Waals surface area contributed by atoms with E-state index in [0.29, 0.717) is 0 Å². The molecule has 0 saturated carbocycles. The van der Waals surface area contributed by atoms with Gasteiger partial charge in [0.05, 0.1) is 27.6 Å². The van der Waals surface area contributed by atoms with Gasteiger partial charge in [0.2, 0.25) is 0 Å². The maximum Gasteiger partial charge on any atom is 0.137 e. The third kappa shape index (κ3) is 3.51. The van der Waals surface area contributed by atoms with Crippen LogP contribution in [0.25, 0.3) is 76.8 Å². The van der Waals surface area contributed by atoms with Crippen LogP contribution in [-0.2, 0) is 5.41 Å². The van der Waals surface area contributed by atoms with Crippen LogP contribution in [0, 0.1) is 0 Å². The van der Waals surface area contributed by atoms with Crippen molar-refractivity contribution in [3.05, 3.63) is 133 Å². The summed E-state index contributed by atoms with van der Waals surface area (Å²) in [6.07, 6.45) is 3.83. The fourth-order valence-corrected chi connectivity index (χ4v) is 7.17. The largest absolute Gasteiger partial charge is 0.309 e. The Labute approximate surface area is 254 Å². The summed E-state index contributed by atoms with van der Waals surface area (Å²) in [6.45, 7) is 6.81. The highest BCUT2D eigenvalue weighted by Gasteiger charge is 2.20. The second-order valence-electron chi connectivity index (χ2n) is 12.8. The van der Waals surface area contributed by atoms with E-state index >= 15 is 0 Å². The van der Waals surface area contributed by atoms with Crippen LogP contribution in [0.5, 0.6) is 0 Å². The molecule has 0 spiro atoms. The van der Waals surface area contributed by atoms with Crippen molar-refractivity contribution in [2.45, 2.75) is 26.2 Å². The van der Waals surface area contributed by atoms with Crippen molar-refractivity contribution in [1.29, 1.82) is 0 Å². The van der Waals surface area contributed by atoms with Crippen LogP contribution in [0.2, 0.25) is 0 Å². The third-order valence-corrected chi connectivity index (χ3v) is 9.12. The Morgan fingerprint density at radius 1 is 0.477 bits per heavy atom. The predicted octanol–water partition coefficient (Wildman–Crippen LogP) is 10.3. The van der Waals surface area contributed by atoms with Gasteiger partial charge in [-0.15, -0.1) is 0 Å². The molecule has 0 saturated heterocycles. The summed E-state index contributed by atoms with van der Waals surface area (Å²) >= 11 is 0. The Morgan fingerprint density at radius 3 is 1.93 bits per heavy atom. The standard InChI is InChI=1S/C40H30N4/c1-40(2,3)33-19-21-42-39-30(33)17-15-25-22-32-28-11-5-6-12-34(28)43(37(32)24-31(25)39)26-16-18-29-27-10-4-7-13-35(27)44(36(29)23-26)38-14-8-9-20-41-38/h4-24H,1-3H3. The molecule has 0 fully saturated rings. The SMILES string of the molecule is CC(C)(C)c1ccnc2c1ccc1cc3c4ccccc4n(-c4ccc5c6ccccc6n(-c6ccccn6)c5c4)c3cc12. The number of para-hydroxylation sites is 2. The van der Waals surface area contributed by atoms with E-state index in [0.717, 1.165) is 28.1 Å². The summed E-state index contributed by atoms with van der Waals surface area (Å²) in [5.41, 5.74) is 8.16. The highest BCUT2D eigenvalue weighted by molar-refractivity contribution is 6.18. The summed E-state index contributed by atoms with van der Waals surface area (Å²) in [4.78, 5) is 9.69. The van der Waals surface area contributed by atoms with E-state index in [1.165, 1.54) is 54.3 Å². The average molecular weight is 567 g/mol. The summed E-state index contributed by atoms with van der Waals surface area (Å²) in [5, 5.41) is 8.52. The lowest BCUT2D eigenvalue weighted by atomic mass is 9.84. The third-order valence-electron chi connectivity index (χ3n) is 9.12. The molecule has 0 N–H and O–H groups in total. The quantitative estimate of drug-likeness (QED) is 0.195. The van der Waals surface area contributed by atoms with Gasteiger partial charge in [-0.2, -0.15) is 0 Å². The molecule has 4 heterocycles. The molecule has 44 heavy (non-hydrogen) atoms. The molecule has 0 aliphatic rings. The lowest BCUT2D eigenvalue weighted by Gasteiger charge is -2.21. The number of aromatic nitrogens is 4. The van der Waals surface area contributed by atoms with Crippen LogP contribution in [0.4, 0.5) is 0 Å². The van der Waals surface area contributed by atoms with Crippen LogP contribution in [0.3, 0.4) is 0 Å². The van der Waals surface area contributed by atoms with Gasteiger partial charge in [-0.25, -0.2) is 4.98 Å². The van der Waals surface area contributed by atoms with E-state index < -0.39 is 0 Å². The van der Waals surface area contributed by atoms with Gasteiger partial charge in [-0.3, -0.25) is 9.55 Å². The second-order valence-corrected chi connectivity index (χ2v) is 12.8. The normalized spacial score (nSPS) is 12.4. The van der Waals surface area contributed by atoms with Gasteiger partial charge in [0, 0.05) is 50.4 Å². The Bertz CT molecular complexity index is 2580. The van der Waals surface area contributed by atoms with E-state index in [4.69, 9.17) is 9.97 Å². The topological polar surface area (TPSA) is 35.6 Å². The fourth-order valence-electron chi connectivity index (χ4n) is 7.17. The van der Waals surface area contributed by atoms with Gasteiger partial charge in [0.15, 0.2) is 0 Å². The molecule has 4 nitrogen and oxygen atoms in total.